The summed E-state index contributed by atoms with van der Waals surface area (Å²) >= 11 is 0. The van der Waals surface area contributed by atoms with Crippen molar-refractivity contribution in [3.05, 3.63) is 0 Å². The van der Waals surface area contributed by atoms with E-state index in [4.69, 9.17) is 10.8 Å². The molecule has 0 bridgehead atoms. The second-order valence-electron chi connectivity index (χ2n) is 3.15. The first-order valence-electron chi connectivity index (χ1n) is 4.45. The van der Waals surface area contributed by atoms with Gasteiger partial charge in [0.15, 0.2) is 5.81 Å². The quantitative estimate of drug-likeness (QED) is 0.505. The molecule has 1 radical (unpaired) electrons. The summed E-state index contributed by atoms with van der Waals surface area (Å²) in [4.78, 5) is 34.0. The van der Waals surface area contributed by atoms with E-state index in [1.165, 1.54) is 0 Å². The molecule has 1 fully saturated rings. The summed E-state index contributed by atoms with van der Waals surface area (Å²) in [5, 5.41) is 10.7. The van der Waals surface area contributed by atoms with Crippen molar-refractivity contribution in [3.63, 3.8) is 0 Å². The Labute approximate surface area is 86.9 Å². The molecule has 1 saturated heterocycles. The lowest BCUT2D eigenvalue weighted by molar-refractivity contribution is -0.141. The Morgan fingerprint density at radius 2 is 2.13 bits per heavy atom. The highest BCUT2D eigenvalue weighted by Gasteiger charge is 2.34. The van der Waals surface area contributed by atoms with E-state index in [0.717, 1.165) is 4.90 Å². The predicted molar refractivity (Wildman–Crippen MR) is 51.2 cm³/mol. The number of carboxylic acids is 1. The second-order valence-corrected chi connectivity index (χ2v) is 3.15. The molecule has 1 rings (SSSR count). The number of carbonyl (C=O) groups is 3. The highest BCUT2D eigenvalue weighted by atomic mass is 16.4. The molecule has 15 heavy (non-hydrogen) atoms. The van der Waals surface area contributed by atoms with Crippen LogP contribution in [0.1, 0.15) is 12.8 Å². The van der Waals surface area contributed by atoms with E-state index in [1.54, 1.807) is 0 Å². The number of hydrogen-bond donors (Lipinski definition) is 3. The van der Waals surface area contributed by atoms with E-state index >= 15 is 0 Å². The summed E-state index contributed by atoms with van der Waals surface area (Å²) in [5.41, 5.74) is 4.89. The number of rotatable bonds is 2. The van der Waals surface area contributed by atoms with Crippen LogP contribution < -0.4 is 11.0 Å². The van der Waals surface area contributed by atoms with Crippen molar-refractivity contribution in [2.45, 2.75) is 18.9 Å². The van der Waals surface area contributed by atoms with Gasteiger partial charge >= 0.3 is 19.4 Å². The molecule has 81 valence electrons. The van der Waals surface area contributed by atoms with Crippen molar-refractivity contribution >= 4 is 25.2 Å². The number of likely N-dealkylation sites (tertiary alicyclic amines) is 1. The Bertz CT molecular complexity index is 296. The van der Waals surface area contributed by atoms with Crippen LogP contribution in [-0.2, 0) is 4.79 Å². The first-order chi connectivity index (χ1) is 7.06. The lowest BCUT2D eigenvalue weighted by atomic mass is 9.97. The van der Waals surface area contributed by atoms with Gasteiger partial charge in [-0.25, -0.2) is 9.59 Å². The molecule has 0 aromatic carbocycles. The van der Waals surface area contributed by atoms with Gasteiger partial charge in [-0.05, 0) is 12.8 Å². The topological polar surface area (TPSA) is 113 Å². The van der Waals surface area contributed by atoms with Gasteiger partial charge in [-0.3, -0.25) is 10.1 Å². The molecule has 0 aromatic heterocycles. The van der Waals surface area contributed by atoms with Crippen LogP contribution in [0, 0.1) is 0 Å². The summed E-state index contributed by atoms with van der Waals surface area (Å²) in [6, 6.07) is -1.57. The van der Waals surface area contributed by atoms with Gasteiger partial charge in [0.1, 0.15) is 6.04 Å². The average molecular weight is 212 g/mol. The molecule has 0 unspecified atom stereocenters. The van der Waals surface area contributed by atoms with Crippen LogP contribution in [0.2, 0.25) is 0 Å². The minimum Gasteiger partial charge on any atom is -0.480 e. The molecule has 1 aliphatic heterocycles. The largest absolute Gasteiger partial charge is 0.480 e. The monoisotopic (exact) mass is 212 g/mol. The minimum atomic E-state index is -1.06. The first kappa shape index (κ1) is 11.5. The third-order valence-corrected chi connectivity index (χ3v) is 2.18. The normalized spacial score (nSPS) is 19.8. The summed E-state index contributed by atoms with van der Waals surface area (Å²) in [6.45, 7) is 0.334. The maximum Gasteiger partial charge on any atom is 0.326 e. The van der Waals surface area contributed by atoms with Gasteiger partial charge in [0.2, 0.25) is 0 Å². The lowest BCUT2D eigenvalue weighted by Crippen LogP contribution is -2.49. The van der Waals surface area contributed by atoms with Crippen molar-refractivity contribution in [1.82, 2.24) is 10.2 Å². The van der Waals surface area contributed by atoms with E-state index in [9.17, 15) is 14.4 Å². The molecule has 7 nitrogen and oxygen atoms in total. The number of nitrogens with zero attached hydrogens (tertiary/aromatic N) is 1. The minimum absolute atomic E-state index is 0.334. The smallest absolute Gasteiger partial charge is 0.326 e. The van der Waals surface area contributed by atoms with Crippen LogP contribution in [0.15, 0.2) is 0 Å². The number of carboxylic acid groups (broad SMARTS) is 1. The Kier molecular flexibility index (Phi) is 3.67. The SMILES string of the molecule is N[B]C(=O)NC(=O)N1CCC[C@H]1C(=O)O. The van der Waals surface area contributed by atoms with E-state index in [2.05, 4.69) is 0 Å². The van der Waals surface area contributed by atoms with Crippen molar-refractivity contribution < 1.29 is 19.5 Å². The summed E-state index contributed by atoms with van der Waals surface area (Å²) < 4.78 is 0. The number of carbonyl (C=O) groups excluding carboxylic acids is 2. The molecule has 0 spiro atoms. The third kappa shape index (κ3) is 2.69. The Morgan fingerprint density at radius 3 is 2.67 bits per heavy atom. The molecular weight excluding hydrogens is 201 g/mol. The molecule has 4 N–H and O–H groups in total. The summed E-state index contributed by atoms with van der Waals surface area (Å²) in [5.74, 6) is -1.80. The van der Waals surface area contributed by atoms with Crippen LogP contribution >= 0.6 is 0 Å². The zero-order valence-corrected chi connectivity index (χ0v) is 7.97. The van der Waals surface area contributed by atoms with Crippen LogP contribution in [0.5, 0.6) is 0 Å². The molecule has 3 amide bonds. The van der Waals surface area contributed by atoms with Gasteiger partial charge in [-0.15, -0.1) is 0 Å². The van der Waals surface area contributed by atoms with E-state index in [-0.39, 0.29) is 0 Å². The highest BCUT2D eigenvalue weighted by Crippen LogP contribution is 2.16. The number of nitrogens with two attached hydrogens (primary N) is 1. The summed E-state index contributed by atoms with van der Waals surface area (Å²) in [6.07, 6.45) is 1.02. The van der Waals surface area contributed by atoms with E-state index < -0.39 is 23.8 Å². The number of hydrogen-bond acceptors (Lipinski definition) is 4. The molecule has 0 aromatic rings. The van der Waals surface area contributed by atoms with Crippen molar-refractivity contribution in [2.75, 3.05) is 6.54 Å². The average Bonchev–Trinajstić information content (AvgIpc) is 2.65. The van der Waals surface area contributed by atoms with Gasteiger partial charge in [0, 0.05) is 6.54 Å². The molecular formula is C7H11BN3O4. The number of nitrogens with one attached hydrogen (secondary N) is 1. The molecule has 1 atom stereocenters. The zero-order valence-electron chi connectivity index (χ0n) is 7.97. The molecule has 0 saturated carbocycles. The van der Waals surface area contributed by atoms with E-state index in [1.807, 2.05) is 5.32 Å². The number of amides is 3. The first-order valence-corrected chi connectivity index (χ1v) is 4.45. The third-order valence-electron chi connectivity index (χ3n) is 2.18. The van der Waals surface area contributed by atoms with Gasteiger partial charge < -0.3 is 15.7 Å². The highest BCUT2D eigenvalue weighted by molar-refractivity contribution is 6.71. The van der Waals surface area contributed by atoms with Crippen LogP contribution in [0.25, 0.3) is 0 Å². The Hall–Kier alpha value is -1.57. The second kappa shape index (κ2) is 4.78. The summed E-state index contributed by atoms with van der Waals surface area (Å²) in [7, 11) is 0.712. The number of aliphatic carboxylic acids is 1. The predicted octanol–water partition coefficient (Wildman–Crippen LogP) is -1.06. The maximum atomic E-state index is 11.4. The number of imide groups is 1. The van der Waals surface area contributed by atoms with Crippen molar-refractivity contribution in [2.24, 2.45) is 5.64 Å². The van der Waals surface area contributed by atoms with Gasteiger partial charge in [-0.1, -0.05) is 0 Å². The van der Waals surface area contributed by atoms with Crippen molar-refractivity contribution in [3.8, 4) is 0 Å². The molecule has 0 aliphatic carbocycles. The maximum absolute atomic E-state index is 11.4. The Balaban J connectivity index is 2.58. The van der Waals surface area contributed by atoms with Crippen LogP contribution in [0.3, 0.4) is 0 Å². The zero-order chi connectivity index (χ0) is 11.4. The van der Waals surface area contributed by atoms with Crippen LogP contribution in [-0.4, -0.2) is 47.8 Å². The van der Waals surface area contributed by atoms with Gasteiger partial charge in [0.25, 0.3) is 0 Å². The van der Waals surface area contributed by atoms with E-state index in [0.29, 0.717) is 26.8 Å². The molecule has 1 heterocycles. The number of urea groups is 1. The fourth-order valence-electron chi connectivity index (χ4n) is 1.49. The fourth-order valence-corrected chi connectivity index (χ4v) is 1.49. The standard InChI is InChI=1S/C7H11BN3O4/c9-8-6(14)10-7(15)11-3-1-2-4(11)5(12)13/h4H,1-3,9H2,(H,12,13)(H,10,14,15)/t4-/m0/s1. The molecule has 1 aliphatic rings. The Morgan fingerprint density at radius 1 is 1.47 bits per heavy atom. The van der Waals surface area contributed by atoms with Gasteiger partial charge in [-0.2, -0.15) is 0 Å². The fraction of sp³-hybridized carbons (Fsp3) is 0.571. The lowest BCUT2D eigenvalue weighted by Gasteiger charge is -2.20. The van der Waals surface area contributed by atoms with Crippen molar-refractivity contribution in [1.29, 1.82) is 0 Å². The van der Waals surface area contributed by atoms with Crippen LogP contribution in [0.4, 0.5) is 9.59 Å². The molecule has 8 heteroatoms. The van der Waals surface area contributed by atoms with Gasteiger partial charge in [0.05, 0.1) is 0 Å².